The number of piperidine rings is 1. The standard InChI is InChI=1S/C19H37N5O/c1-4-20-19(21-11-8-13-23-12-7-10-18(23)25)22-15-17(3)24-14-6-5-9-16(24)2/h16-17H,4-15H2,1-3H3,(H2,20,21,22). The lowest BCUT2D eigenvalue weighted by atomic mass is 10.0. The van der Waals surface area contributed by atoms with Gasteiger partial charge in [-0.1, -0.05) is 6.42 Å². The van der Waals surface area contributed by atoms with Crippen molar-refractivity contribution in [3.63, 3.8) is 0 Å². The van der Waals surface area contributed by atoms with Crippen LogP contribution < -0.4 is 10.6 Å². The Balaban J connectivity index is 1.72. The maximum atomic E-state index is 11.6. The normalized spacial score (nSPS) is 23.8. The molecule has 2 saturated heterocycles. The molecule has 0 aromatic rings. The topological polar surface area (TPSA) is 60.0 Å². The average Bonchev–Trinajstić information content (AvgIpc) is 3.01. The first-order chi connectivity index (χ1) is 12.1. The number of nitrogens with one attached hydrogen (secondary N) is 2. The fraction of sp³-hybridized carbons (Fsp3) is 0.895. The molecule has 6 nitrogen and oxygen atoms in total. The first kappa shape index (κ1) is 20.0. The lowest BCUT2D eigenvalue weighted by molar-refractivity contribution is -0.127. The van der Waals surface area contributed by atoms with Gasteiger partial charge in [0, 0.05) is 44.7 Å². The maximum absolute atomic E-state index is 11.6. The summed E-state index contributed by atoms with van der Waals surface area (Å²) in [5.41, 5.74) is 0. The van der Waals surface area contributed by atoms with Gasteiger partial charge in [0.05, 0.1) is 6.54 Å². The maximum Gasteiger partial charge on any atom is 0.222 e. The second-order valence-corrected chi connectivity index (χ2v) is 7.42. The van der Waals surface area contributed by atoms with Gasteiger partial charge in [-0.2, -0.15) is 0 Å². The molecule has 0 aromatic heterocycles. The summed E-state index contributed by atoms with van der Waals surface area (Å²) in [6.45, 7) is 12.2. The predicted molar refractivity (Wildman–Crippen MR) is 104 cm³/mol. The molecule has 0 spiro atoms. The molecule has 2 aliphatic rings. The molecule has 0 saturated carbocycles. The third kappa shape index (κ3) is 6.49. The highest BCUT2D eigenvalue weighted by molar-refractivity contribution is 5.79. The van der Waals surface area contributed by atoms with Crippen molar-refractivity contribution in [3.05, 3.63) is 0 Å². The first-order valence-corrected chi connectivity index (χ1v) is 10.2. The lowest BCUT2D eigenvalue weighted by Gasteiger charge is -2.37. The number of guanidine groups is 1. The van der Waals surface area contributed by atoms with E-state index in [9.17, 15) is 4.79 Å². The smallest absolute Gasteiger partial charge is 0.222 e. The fourth-order valence-electron chi connectivity index (χ4n) is 3.86. The van der Waals surface area contributed by atoms with Crippen LogP contribution in [0, 0.1) is 0 Å². The molecule has 1 amide bonds. The zero-order valence-corrected chi connectivity index (χ0v) is 16.4. The van der Waals surface area contributed by atoms with E-state index in [0.717, 1.165) is 57.9 Å². The summed E-state index contributed by atoms with van der Waals surface area (Å²) in [6.07, 6.45) is 6.69. The summed E-state index contributed by atoms with van der Waals surface area (Å²) in [4.78, 5) is 21.0. The SMILES string of the molecule is CCNC(=NCC(C)N1CCCCC1C)NCCCN1CCCC1=O. The summed E-state index contributed by atoms with van der Waals surface area (Å²) >= 11 is 0. The number of hydrogen-bond acceptors (Lipinski definition) is 3. The number of carbonyl (C=O) groups is 1. The molecule has 2 unspecified atom stereocenters. The molecule has 25 heavy (non-hydrogen) atoms. The van der Waals surface area contributed by atoms with Gasteiger partial charge in [-0.3, -0.25) is 14.7 Å². The van der Waals surface area contributed by atoms with Crippen LogP contribution in [0.25, 0.3) is 0 Å². The minimum absolute atomic E-state index is 0.310. The number of hydrogen-bond donors (Lipinski definition) is 2. The zero-order valence-electron chi connectivity index (χ0n) is 16.4. The molecule has 0 aromatic carbocycles. The monoisotopic (exact) mass is 351 g/mol. The summed E-state index contributed by atoms with van der Waals surface area (Å²) < 4.78 is 0. The van der Waals surface area contributed by atoms with E-state index < -0.39 is 0 Å². The van der Waals surface area contributed by atoms with Crippen LogP contribution in [0.5, 0.6) is 0 Å². The van der Waals surface area contributed by atoms with Crippen molar-refractivity contribution >= 4 is 11.9 Å². The number of amides is 1. The van der Waals surface area contributed by atoms with Crippen LogP contribution >= 0.6 is 0 Å². The molecule has 2 atom stereocenters. The van der Waals surface area contributed by atoms with Gasteiger partial charge in [-0.05, 0) is 53.0 Å². The molecule has 2 fully saturated rings. The Morgan fingerprint density at radius 2 is 2.12 bits per heavy atom. The van der Waals surface area contributed by atoms with Crippen molar-refractivity contribution in [3.8, 4) is 0 Å². The number of likely N-dealkylation sites (tertiary alicyclic amines) is 2. The second kappa shape index (κ2) is 10.6. The van der Waals surface area contributed by atoms with Crippen LogP contribution in [0.3, 0.4) is 0 Å². The van der Waals surface area contributed by atoms with Gasteiger partial charge in [0.25, 0.3) is 0 Å². The van der Waals surface area contributed by atoms with E-state index in [4.69, 9.17) is 4.99 Å². The van der Waals surface area contributed by atoms with E-state index in [1.54, 1.807) is 0 Å². The van der Waals surface area contributed by atoms with Gasteiger partial charge in [0.2, 0.25) is 5.91 Å². The number of rotatable bonds is 8. The third-order valence-electron chi connectivity index (χ3n) is 5.35. The minimum Gasteiger partial charge on any atom is -0.357 e. The van der Waals surface area contributed by atoms with Gasteiger partial charge >= 0.3 is 0 Å². The van der Waals surface area contributed by atoms with Crippen molar-refractivity contribution in [1.82, 2.24) is 20.4 Å². The van der Waals surface area contributed by atoms with E-state index in [1.807, 2.05) is 4.90 Å². The minimum atomic E-state index is 0.310. The summed E-state index contributed by atoms with van der Waals surface area (Å²) in [5.74, 6) is 1.21. The van der Waals surface area contributed by atoms with Crippen LogP contribution in [0.2, 0.25) is 0 Å². The van der Waals surface area contributed by atoms with E-state index in [-0.39, 0.29) is 0 Å². The van der Waals surface area contributed by atoms with Gasteiger partial charge in [0.15, 0.2) is 5.96 Å². The van der Waals surface area contributed by atoms with Crippen molar-refractivity contribution < 1.29 is 4.79 Å². The molecule has 0 aliphatic carbocycles. The quantitative estimate of drug-likeness (QED) is 0.398. The number of aliphatic imine (C=N–C) groups is 1. The van der Waals surface area contributed by atoms with Crippen molar-refractivity contribution in [2.75, 3.05) is 39.3 Å². The van der Waals surface area contributed by atoms with E-state index >= 15 is 0 Å². The van der Waals surface area contributed by atoms with Crippen molar-refractivity contribution in [2.45, 2.75) is 71.4 Å². The third-order valence-corrected chi connectivity index (χ3v) is 5.35. The Morgan fingerprint density at radius 3 is 2.80 bits per heavy atom. The highest BCUT2D eigenvalue weighted by Crippen LogP contribution is 2.19. The molecule has 2 aliphatic heterocycles. The van der Waals surface area contributed by atoms with Crippen LogP contribution in [-0.4, -0.2) is 73.0 Å². The predicted octanol–water partition coefficient (Wildman–Crippen LogP) is 1.82. The molecule has 2 rings (SSSR count). The van der Waals surface area contributed by atoms with Gasteiger partial charge < -0.3 is 15.5 Å². The second-order valence-electron chi connectivity index (χ2n) is 7.42. The van der Waals surface area contributed by atoms with Crippen molar-refractivity contribution in [2.24, 2.45) is 4.99 Å². The van der Waals surface area contributed by atoms with E-state index in [1.165, 1.54) is 25.8 Å². The van der Waals surface area contributed by atoms with Crippen molar-refractivity contribution in [1.29, 1.82) is 0 Å². The average molecular weight is 352 g/mol. The van der Waals surface area contributed by atoms with E-state index in [0.29, 0.717) is 18.0 Å². The highest BCUT2D eigenvalue weighted by atomic mass is 16.2. The molecular weight excluding hydrogens is 314 g/mol. The Labute approximate surface area is 153 Å². The van der Waals surface area contributed by atoms with E-state index in [2.05, 4.69) is 36.3 Å². The summed E-state index contributed by atoms with van der Waals surface area (Å²) in [6, 6.07) is 1.15. The molecule has 2 N–H and O–H groups in total. The molecule has 0 radical (unpaired) electrons. The zero-order chi connectivity index (χ0) is 18.1. The van der Waals surface area contributed by atoms with Crippen LogP contribution in [0.1, 0.15) is 59.3 Å². The van der Waals surface area contributed by atoms with Gasteiger partial charge in [0.1, 0.15) is 0 Å². The molecular formula is C19H37N5O. The molecule has 0 bridgehead atoms. The van der Waals surface area contributed by atoms with Crippen LogP contribution in [0.15, 0.2) is 4.99 Å². The Kier molecular flexibility index (Phi) is 8.52. The Morgan fingerprint density at radius 1 is 1.28 bits per heavy atom. The molecule has 6 heteroatoms. The number of carbonyl (C=O) groups excluding carboxylic acids is 1. The Hall–Kier alpha value is -1.30. The van der Waals surface area contributed by atoms with Crippen LogP contribution in [-0.2, 0) is 4.79 Å². The lowest BCUT2D eigenvalue weighted by Crippen LogP contribution is -2.46. The fourth-order valence-corrected chi connectivity index (χ4v) is 3.86. The molecule has 2 heterocycles. The first-order valence-electron chi connectivity index (χ1n) is 10.2. The largest absolute Gasteiger partial charge is 0.357 e. The molecule has 144 valence electrons. The summed E-state index contributed by atoms with van der Waals surface area (Å²) in [5, 5.41) is 6.74. The van der Waals surface area contributed by atoms with Crippen LogP contribution in [0.4, 0.5) is 0 Å². The van der Waals surface area contributed by atoms with Gasteiger partial charge in [-0.25, -0.2) is 0 Å². The summed E-state index contributed by atoms with van der Waals surface area (Å²) in [7, 11) is 0. The van der Waals surface area contributed by atoms with Gasteiger partial charge in [-0.15, -0.1) is 0 Å². The Bertz CT molecular complexity index is 440. The highest BCUT2D eigenvalue weighted by Gasteiger charge is 2.23. The number of nitrogens with zero attached hydrogens (tertiary/aromatic N) is 3.